The Bertz CT molecular complexity index is 682. The summed E-state index contributed by atoms with van der Waals surface area (Å²) >= 11 is 0. The predicted octanol–water partition coefficient (Wildman–Crippen LogP) is 2.64. The monoisotopic (exact) mass is 329 g/mol. The van der Waals surface area contributed by atoms with Crippen LogP contribution < -0.4 is 10.1 Å². The van der Waals surface area contributed by atoms with Gasteiger partial charge in [0.15, 0.2) is 11.5 Å². The molecular weight excluding hydrogens is 306 g/mol. The van der Waals surface area contributed by atoms with Crippen LogP contribution in [0.4, 0.5) is 0 Å². The molecule has 1 unspecified atom stereocenters. The minimum absolute atomic E-state index is 0.0314. The minimum Gasteiger partial charge on any atom is -0.504 e. The highest BCUT2D eigenvalue weighted by molar-refractivity contribution is 5.78. The average Bonchev–Trinajstić information content (AvgIpc) is 2.58. The molecule has 1 amide bonds. The van der Waals surface area contributed by atoms with Gasteiger partial charge in [-0.05, 0) is 48.2 Å². The molecular formula is C19H23NO4. The number of rotatable bonds is 7. The fourth-order valence-electron chi connectivity index (χ4n) is 2.44. The van der Waals surface area contributed by atoms with Crippen molar-refractivity contribution >= 4 is 5.91 Å². The van der Waals surface area contributed by atoms with Gasteiger partial charge in [-0.15, -0.1) is 0 Å². The Morgan fingerprint density at radius 2 is 1.75 bits per heavy atom. The molecule has 0 aliphatic heterocycles. The normalized spacial score (nSPS) is 11.8. The van der Waals surface area contributed by atoms with Gasteiger partial charge in [-0.1, -0.05) is 25.1 Å². The molecule has 0 radical (unpaired) electrons. The van der Waals surface area contributed by atoms with Crippen LogP contribution in [0.5, 0.6) is 17.2 Å². The van der Waals surface area contributed by atoms with Crippen LogP contribution in [0.15, 0.2) is 42.5 Å². The van der Waals surface area contributed by atoms with E-state index >= 15 is 0 Å². The van der Waals surface area contributed by atoms with E-state index in [9.17, 15) is 15.0 Å². The fourth-order valence-corrected chi connectivity index (χ4v) is 2.44. The lowest BCUT2D eigenvalue weighted by Crippen LogP contribution is -2.31. The number of carbonyl (C=O) groups excluding carboxylic acids is 1. The number of phenols is 2. The lowest BCUT2D eigenvalue weighted by atomic mass is 10.00. The summed E-state index contributed by atoms with van der Waals surface area (Å²) in [5, 5.41) is 21.7. The summed E-state index contributed by atoms with van der Waals surface area (Å²) in [4.78, 5) is 12.1. The molecule has 0 fully saturated rings. The second-order valence-electron chi connectivity index (χ2n) is 5.82. The Hall–Kier alpha value is -2.69. The summed E-state index contributed by atoms with van der Waals surface area (Å²) < 4.78 is 5.11. The highest BCUT2D eigenvalue weighted by Crippen LogP contribution is 2.26. The molecule has 0 heterocycles. The molecule has 0 saturated carbocycles. The molecule has 5 heteroatoms. The smallest absolute Gasteiger partial charge is 0.223 e. The number of hydrogen-bond donors (Lipinski definition) is 3. The van der Waals surface area contributed by atoms with Crippen molar-refractivity contribution in [3.05, 3.63) is 53.6 Å². The number of ether oxygens (including phenoxy) is 1. The van der Waals surface area contributed by atoms with Crippen LogP contribution in [-0.2, 0) is 17.6 Å². The van der Waals surface area contributed by atoms with Crippen molar-refractivity contribution in [2.75, 3.05) is 13.7 Å². The maximum Gasteiger partial charge on any atom is 0.223 e. The molecule has 0 spiro atoms. The number of methoxy groups -OCH3 is 1. The highest BCUT2D eigenvalue weighted by atomic mass is 16.5. The van der Waals surface area contributed by atoms with E-state index in [-0.39, 0.29) is 23.3 Å². The van der Waals surface area contributed by atoms with E-state index < -0.39 is 0 Å². The zero-order valence-corrected chi connectivity index (χ0v) is 14.0. The van der Waals surface area contributed by atoms with E-state index in [1.165, 1.54) is 12.1 Å². The van der Waals surface area contributed by atoms with Crippen molar-refractivity contribution in [3.63, 3.8) is 0 Å². The highest BCUT2D eigenvalue weighted by Gasteiger charge is 2.14. The predicted molar refractivity (Wildman–Crippen MR) is 92.3 cm³/mol. The number of aromatic hydroxyl groups is 2. The molecule has 0 aliphatic rings. The van der Waals surface area contributed by atoms with E-state index in [1.54, 1.807) is 13.2 Å². The molecule has 0 bridgehead atoms. The maximum atomic E-state index is 12.1. The molecule has 0 aromatic heterocycles. The zero-order chi connectivity index (χ0) is 17.5. The maximum absolute atomic E-state index is 12.1. The van der Waals surface area contributed by atoms with E-state index in [2.05, 4.69) is 5.32 Å². The number of nitrogens with one attached hydrogen (secondary N) is 1. The first kappa shape index (κ1) is 17.7. The SMILES string of the molecule is COc1ccc(CCNC(=O)C(C)Cc2ccc(O)c(O)c2)cc1. The molecule has 1 atom stereocenters. The van der Waals surface area contributed by atoms with Crippen LogP contribution in [0.2, 0.25) is 0 Å². The van der Waals surface area contributed by atoms with Gasteiger partial charge in [0.1, 0.15) is 5.75 Å². The summed E-state index contributed by atoms with van der Waals surface area (Å²) in [6.45, 7) is 2.41. The number of hydrogen-bond acceptors (Lipinski definition) is 4. The van der Waals surface area contributed by atoms with Gasteiger partial charge in [-0.25, -0.2) is 0 Å². The molecule has 2 aromatic carbocycles. The van der Waals surface area contributed by atoms with Crippen LogP contribution >= 0.6 is 0 Å². The Balaban J connectivity index is 1.79. The van der Waals surface area contributed by atoms with E-state index in [0.717, 1.165) is 23.3 Å². The molecule has 3 N–H and O–H groups in total. The first-order valence-electron chi connectivity index (χ1n) is 7.91. The van der Waals surface area contributed by atoms with Crippen molar-refractivity contribution < 1.29 is 19.7 Å². The Labute approximate surface area is 141 Å². The number of phenolic OH excluding ortho intramolecular Hbond substituents is 2. The van der Waals surface area contributed by atoms with Gasteiger partial charge in [0.2, 0.25) is 5.91 Å². The summed E-state index contributed by atoms with van der Waals surface area (Å²) in [6, 6.07) is 12.4. The average molecular weight is 329 g/mol. The molecule has 2 aromatic rings. The summed E-state index contributed by atoms with van der Waals surface area (Å²) in [6.07, 6.45) is 1.25. The third-order valence-corrected chi connectivity index (χ3v) is 3.90. The number of benzene rings is 2. The molecule has 2 rings (SSSR count). The zero-order valence-electron chi connectivity index (χ0n) is 14.0. The van der Waals surface area contributed by atoms with Crippen molar-refractivity contribution in [1.29, 1.82) is 0 Å². The summed E-state index contributed by atoms with van der Waals surface area (Å²) in [7, 11) is 1.63. The van der Waals surface area contributed by atoms with Crippen molar-refractivity contribution in [2.45, 2.75) is 19.8 Å². The second kappa shape index (κ2) is 8.24. The van der Waals surface area contributed by atoms with Gasteiger partial charge in [0, 0.05) is 12.5 Å². The number of amides is 1. The van der Waals surface area contributed by atoms with Gasteiger partial charge < -0.3 is 20.3 Å². The standard InChI is InChI=1S/C19H23NO4/c1-13(11-15-5-8-17(21)18(22)12-15)19(23)20-10-9-14-3-6-16(24-2)7-4-14/h3-8,12-13,21-22H,9-11H2,1-2H3,(H,20,23). The Morgan fingerprint density at radius 3 is 2.38 bits per heavy atom. The van der Waals surface area contributed by atoms with E-state index in [4.69, 9.17) is 4.74 Å². The lowest BCUT2D eigenvalue weighted by molar-refractivity contribution is -0.124. The molecule has 0 aliphatic carbocycles. The van der Waals surface area contributed by atoms with Crippen LogP contribution in [0, 0.1) is 5.92 Å². The summed E-state index contributed by atoms with van der Waals surface area (Å²) in [5.41, 5.74) is 1.94. The van der Waals surface area contributed by atoms with Crippen molar-refractivity contribution in [3.8, 4) is 17.2 Å². The van der Waals surface area contributed by atoms with Gasteiger partial charge in [-0.2, -0.15) is 0 Å². The van der Waals surface area contributed by atoms with Crippen LogP contribution in [0.1, 0.15) is 18.1 Å². The van der Waals surface area contributed by atoms with Crippen LogP contribution in [0.3, 0.4) is 0 Å². The van der Waals surface area contributed by atoms with Gasteiger partial charge in [-0.3, -0.25) is 4.79 Å². The third kappa shape index (κ3) is 4.91. The Kier molecular flexibility index (Phi) is 6.07. The van der Waals surface area contributed by atoms with Gasteiger partial charge in [0.05, 0.1) is 7.11 Å². The third-order valence-electron chi connectivity index (χ3n) is 3.90. The van der Waals surface area contributed by atoms with Gasteiger partial charge in [0.25, 0.3) is 0 Å². The van der Waals surface area contributed by atoms with Crippen molar-refractivity contribution in [1.82, 2.24) is 5.32 Å². The molecule has 24 heavy (non-hydrogen) atoms. The van der Waals surface area contributed by atoms with E-state index in [0.29, 0.717) is 13.0 Å². The van der Waals surface area contributed by atoms with Gasteiger partial charge >= 0.3 is 0 Å². The fraction of sp³-hybridized carbons (Fsp3) is 0.316. The van der Waals surface area contributed by atoms with Crippen LogP contribution in [0.25, 0.3) is 0 Å². The van der Waals surface area contributed by atoms with E-state index in [1.807, 2.05) is 31.2 Å². The summed E-state index contributed by atoms with van der Waals surface area (Å²) in [5.74, 6) is 0.240. The molecule has 5 nitrogen and oxygen atoms in total. The van der Waals surface area contributed by atoms with Crippen LogP contribution in [-0.4, -0.2) is 29.8 Å². The second-order valence-corrected chi connectivity index (χ2v) is 5.82. The largest absolute Gasteiger partial charge is 0.504 e. The van der Waals surface area contributed by atoms with Crippen molar-refractivity contribution in [2.24, 2.45) is 5.92 Å². The lowest BCUT2D eigenvalue weighted by Gasteiger charge is -2.13. The minimum atomic E-state index is -0.218. The first-order valence-corrected chi connectivity index (χ1v) is 7.91. The first-order chi connectivity index (χ1) is 11.5. The molecule has 0 saturated heterocycles. The number of carbonyl (C=O) groups is 1. The molecule has 128 valence electrons. The quantitative estimate of drug-likeness (QED) is 0.682. The topological polar surface area (TPSA) is 78.8 Å². The Morgan fingerprint density at radius 1 is 1.08 bits per heavy atom.